The standard InChI is InChI=1S/C15H25N3OS/c1-11-12(2)20-14(17-11)8-9-16-15(19)13-7-5-4-6-10-18(13)3/h13H,4-10H2,1-3H3,(H,16,19)/t13-/m1/s1. The van der Waals surface area contributed by atoms with Crippen LogP contribution in [0.25, 0.3) is 0 Å². The summed E-state index contributed by atoms with van der Waals surface area (Å²) in [6.45, 7) is 5.85. The fourth-order valence-electron chi connectivity index (χ4n) is 2.64. The topological polar surface area (TPSA) is 45.2 Å². The summed E-state index contributed by atoms with van der Waals surface area (Å²) in [6.07, 6.45) is 5.43. The van der Waals surface area contributed by atoms with Gasteiger partial charge in [0, 0.05) is 17.8 Å². The first kappa shape index (κ1) is 15.4. The molecule has 1 aromatic heterocycles. The number of aryl methyl sites for hydroxylation is 2. The normalized spacial score (nSPS) is 20.6. The van der Waals surface area contributed by atoms with E-state index >= 15 is 0 Å². The largest absolute Gasteiger partial charge is 0.354 e. The Kier molecular flexibility index (Phi) is 5.54. The van der Waals surface area contributed by atoms with Gasteiger partial charge in [-0.05, 0) is 40.3 Å². The summed E-state index contributed by atoms with van der Waals surface area (Å²) in [5.41, 5.74) is 1.11. The second-order valence-corrected chi connectivity index (χ2v) is 6.92. The van der Waals surface area contributed by atoms with Crippen LogP contribution in [-0.4, -0.2) is 42.0 Å². The molecule has 2 rings (SSSR count). The third-order valence-electron chi connectivity index (χ3n) is 4.03. The van der Waals surface area contributed by atoms with Gasteiger partial charge in [0.1, 0.15) is 0 Å². The van der Waals surface area contributed by atoms with Crippen molar-refractivity contribution < 1.29 is 4.79 Å². The minimum absolute atomic E-state index is 0.0530. The molecule has 20 heavy (non-hydrogen) atoms. The molecule has 112 valence electrons. The zero-order chi connectivity index (χ0) is 14.5. The van der Waals surface area contributed by atoms with E-state index in [9.17, 15) is 4.79 Å². The number of carbonyl (C=O) groups is 1. The van der Waals surface area contributed by atoms with Crippen molar-refractivity contribution in [1.82, 2.24) is 15.2 Å². The van der Waals surface area contributed by atoms with Gasteiger partial charge in [-0.3, -0.25) is 9.69 Å². The zero-order valence-corrected chi connectivity index (χ0v) is 13.6. The van der Waals surface area contributed by atoms with Crippen molar-refractivity contribution in [2.45, 2.75) is 52.0 Å². The molecule has 0 spiro atoms. The number of hydrogen-bond donors (Lipinski definition) is 1. The maximum Gasteiger partial charge on any atom is 0.237 e. The first-order valence-corrected chi connectivity index (χ1v) is 8.30. The highest BCUT2D eigenvalue weighted by Crippen LogP contribution is 2.17. The van der Waals surface area contributed by atoms with Crippen molar-refractivity contribution in [2.75, 3.05) is 20.1 Å². The molecule has 1 fully saturated rings. The summed E-state index contributed by atoms with van der Waals surface area (Å²) < 4.78 is 0. The Bertz CT molecular complexity index is 438. The van der Waals surface area contributed by atoms with Crippen LogP contribution in [0.5, 0.6) is 0 Å². The van der Waals surface area contributed by atoms with E-state index in [4.69, 9.17) is 0 Å². The van der Waals surface area contributed by atoms with Gasteiger partial charge in [0.2, 0.25) is 5.91 Å². The molecule has 0 saturated carbocycles. The number of nitrogens with one attached hydrogen (secondary N) is 1. The molecule has 0 bridgehead atoms. The molecule has 1 atom stereocenters. The van der Waals surface area contributed by atoms with Gasteiger partial charge in [-0.25, -0.2) is 4.98 Å². The van der Waals surface area contributed by atoms with Crippen LogP contribution in [0.1, 0.15) is 41.3 Å². The van der Waals surface area contributed by atoms with Crippen molar-refractivity contribution in [3.63, 3.8) is 0 Å². The Morgan fingerprint density at radius 1 is 1.40 bits per heavy atom. The van der Waals surface area contributed by atoms with Crippen LogP contribution < -0.4 is 5.32 Å². The number of aromatic nitrogens is 1. The Morgan fingerprint density at radius 3 is 2.90 bits per heavy atom. The van der Waals surface area contributed by atoms with E-state index in [1.807, 2.05) is 6.92 Å². The summed E-state index contributed by atoms with van der Waals surface area (Å²) in [4.78, 5) is 20.2. The van der Waals surface area contributed by atoms with Crippen LogP contribution >= 0.6 is 11.3 Å². The van der Waals surface area contributed by atoms with Crippen molar-refractivity contribution in [2.24, 2.45) is 0 Å². The van der Waals surface area contributed by atoms with Gasteiger partial charge in [-0.1, -0.05) is 12.8 Å². The number of nitrogens with zero attached hydrogens (tertiary/aromatic N) is 2. The average Bonchev–Trinajstić information content (AvgIpc) is 2.61. The van der Waals surface area contributed by atoms with Crippen LogP contribution in [-0.2, 0) is 11.2 Å². The Labute approximate surface area is 125 Å². The fraction of sp³-hybridized carbons (Fsp3) is 0.733. The van der Waals surface area contributed by atoms with E-state index in [2.05, 4.69) is 29.2 Å². The molecule has 2 heterocycles. The van der Waals surface area contributed by atoms with Crippen LogP contribution in [0.15, 0.2) is 0 Å². The molecule has 1 amide bonds. The van der Waals surface area contributed by atoms with E-state index in [0.717, 1.165) is 36.5 Å². The number of amides is 1. The van der Waals surface area contributed by atoms with Crippen LogP contribution in [0.2, 0.25) is 0 Å². The van der Waals surface area contributed by atoms with Crippen LogP contribution in [0.4, 0.5) is 0 Å². The molecule has 0 aromatic carbocycles. The van der Waals surface area contributed by atoms with Crippen LogP contribution in [0, 0.1) is 13.8 Å². The summed E-state index contributed by atoms with van der Waals surface area (Å²) >= 11 is 1.73. The fourth-order valence-corrected chi connectivity index (χ4v) is 3.57. The SMILES string of the molecule is Cc1nc(CCNC(=O)[C@H]2CCCCCN2C)sc1C. The lowest BCUT2D eigenvalue weighted by molar-refractivity contribution is -0.126. The number of hydrogen-bond acceptors (Lipinski definition) is 4. The minimum atomic E-state index is 0.0530. The zero-order valence-electron chi connectivity index (χ0n) is 12.7. The van der Waals surface area contributed by atoms with E-state index in [0.29, 0.717) is 6.54 Å². The molecule has 1 aromatic rings. The monoisotopic (exact) mass is 295 g/mol. The number of thiazole rings is 1. The lowest BCUT2D eigenvalue weighted by Gasteiger charge is -2.24. The second kappa shape index (κ2) is 7.18. The van der Waals surface area contributed by atoms with E-state index in [1.54, 1.807) is 11.3 Å². The van der Waals surface area contributed by atoms with Crippen molar-refractivity contribution >= 4 is 17.2 Å². The molecule has 0 unspecified atom stereocenters. The lowest BCUT2D eigenvalue weighted by Crippen LogP contribution is -2.45. The van der Waals surface area contributed by atoms with Gasteiger partial charge in [0.15, 0.2) is 0 Å². The molecule has 0 radical (unpaired) electrons. The molecule has 1 saturated heterocycles. The van der Waals surface area contributed by atoms with Gasteiger partial charge >= 0.3 is 0 Å². The maximum absolute atomic E-state index is 12.3. The predicted molar refractivity (Wildman–Crippen MR) is 83.2 cm³/mol. The highest BCUT2D eigenvalue weighted by Gasteiger charge is 2.24. The van der Waals surface area contributed by atoms with Gasteiger partial charge in [-0.15, -0.1) is 11.3 Å². The van der Waals surface area contributed by atoms with Gasteiger partial charge in [-0.2, -0.15) is 0 Å². The van der Waals surface area contributed by atoms with E-state index in [-0.39, 0.29) is 11.9 Å². The third-order valence-corrected chi connectivity index (χ3v) is 5.17. The quantitative estimate of drug-likeness (QED) is 0.927. The smallest absolute Gasteiger partial charge is 0.237 e. The average molecular weight is 295 g/mol. The molecule has 1 aliphatic rings. The first-order valence-electron chi connectivity index (χ1n) is 7.49. The Hall–Kier alpha value is -0.940. The van der Waals surface area contributed by atoms with Crippen LogP contribution in [0.3, 0.4) is 0 Å². The number of likely N-dealkylation sites (N-methyl/N-ethyl adjacent to an activating group) is 1. The lowest BCUT2D eigenvalue weighted by atomic mass is 10.1. The van der Waals surface area contributed by atoms with E-state index < -0.39 is 0 Å². The number of carbonyl (C=O) groups excluding carboxylic acids is 1. The highest BCUT2D eigenvalue weighted by molar-refractivity contribution is 7.11. The molecule has 0 aliphatic carbocycles. The number of rotatable bonds is 4. The van der Waals surface area contributed by atoms with Gasteiger partial charge < -0.3 is 5.32 Å². The Balaban J connectivity index is 1.79. The maximum atomic E-state index is 12.3. The van der Waals surface area contributed by atoms with Gasteiger partial charge in [0.25, 0.3) is 0 Å². The molecule has 1 N–H and O–H groups in total. The molecule has 5 heteroatoms. The summed E-state index contributed by atoms with van der Waals surface area (Å²) in [6, 6.07) is 0.0530. The summed E-state index contributed by atoms with van der Waals surface area (Å²) in [5, 5.41) is 4.19. The van der Waals surface area contributed by atoms with Crippen molar-refractivity contribution in [3.05, 3.63) is 15.6 Å². The summed E-state index contributed by atoms with van der Waals surface area (Å²) in [5.74, 6) is 0.180. The molecular formula is C15H25N3OS. The second-order valence-electron chi connectivity index (χ2n) is 5.64. The van der Waals surface area contributed by atoms with Gasteiger partial charge in [0.05, 0.1) is 16.7 Å². The molecule has 1 aliphatic heterocycles. The summed E-state index contributed by atoms with van der Waals surface area (Å²) in [7, 11) is 2.06. The Morgan fingerprint density at radius 2 is 2.20 bits per heavy atom. The first-order chi connectivity index (χ1) is 9.58. The van der Waals surface area contributed by atoms with E-state index in [1.165, 1.54) is 17.7 Å². The molecule has 4 nitrogen and oxygen atoms in total. The van der Waals surface area contributed by atoms with Crippen molar-refractivity contribution in [1.29, 1.82) is 0 Å². The number of likely N-dealkylation sites (tertiary alicyclic amines) is 1. The third kappa shape index (κ3) is 4.03. The van der Waals surface area contributed by atoms with Crippen molar-refractivity contribution in [3.8, 4) is 0 Å². The highest BCUT2D eigenvalue weighted by atomic mass is 32.1. The predicted octanol–water partition coefficient (Wildman–Crippen LogP) is 2.29. The minimum Gasteiger partial charge on any atom is -0.354 e. The molecular weight excluding hydrogens is 270 g/mol.